The molecule has 5 nitrogen and oxygen atoms in total. The Labute approximate surface area is 155 Å². The number of benzene rings is 2. The lowest BCUT2D eigenvalue weighted by Gasteiger charge is -2.24. The highest BCUT2D eigenvalue weighted by molar-refractivity contribution is 5.96. The summed E-state index contributed by atoms with van der Waals surface area (Å²) in [5.74, 6) is -0.0324. The van der Waals surface area contributed by atoms with Gasteiger partial charge >= 0.3 is 6.03 Å². The third-order valence-electron chi connectivity index (χ3n) is 3.98. The predicted molar refractivity (Wildman–Crippen MR) is 104 cm³/mol. The number of nitrogens with one attached hydrogen (secondary N) is 3. The summed E-state index contributed by atoms with van der Waals surface area (Å²) in [5.41, 5.74) is 2.12. The van der Waals surface area contributed by atoms with Crippen LogP contribution in [0.15, 0.2) is 60.7 Å². The maximum absolute atomic E-state index is 12.4. The standard InChI is InChI=1S/C21H27N3O2/c1-15(2)14-22-21(26)24-20(25)16(3)23-19(17-10-6-4-7-11-17)18-12-8-5-9-13-18/h4-13,15-16,19,23H,14H2,1-3H3,(H2,22,24,25,26). The first kappa shape index (κ1) is 19.7. The van der Waals surface area contributed by atoms with Crippen molar-refractivity contribution in [2.45, 2.75) is 32.9 Å². The molecule has 2 aromatic carbocycles. The van der Waals surface area contributed by atoms with Crippen LogP contribution in [0.1, 0.15) is 37.9 Å². The highest BCUT2D eigenvalue weighted by Crippen LogP contribution is 2.22. The Morgan fingerprint density at radius 2 is 1.35 bits per heavy atom. The summed E-state index contributed by atoms with van der Waals surface area (Å²) in [6.07, 6.45) is 0. The van der Waals surface area contributed by atoms with E-state index >= 15 is 0 Å². The SMILES string of the molecule is CC(C)CNC(=O)NC(=O)C(C)NC(c1ccccc1)c1ccccc1. The molecule has 0 aliphatic carbocycles. The molecule has 0 fully saturated rings. The van der Waals surface area contributed by atoms with Gasteiger partial charge in [0.15, 0.2) is 0 Å². The second kappa shape index (κ2) is 9.73. The molecular formula is C21H27N3O2. The molecule has 5 heteroatoms. The molecule has 2 aromatic rings. The minimum Gasteiger partial charge on any atom is -0.338 e. The molecule has 0 bridgehead atoms. The molecule has 1 unspecified atom stereocenters. The van der Waals surface area contributed by atoms with Crippen LogP contribution in [0.5, 0.6) is 0 Å². The van der Waals surface area contributed by atoms with Crippen molar-refractivity contribution in [3.05, 3.63) is 71.8 Å². The van der Waals surface area contributed by atoms with E-state index in [0.717, 1.165) is 11.1 Å². The number of amides is 3. The predicted octanol–water partition coefficient (Wildman–Crippen LogP) is 3.24. The van der Waals surface area contributed by atoms with Gasteiger partial charge < -0.3 is 5.32 Å². The van der Waals surface area contributed by atoms with E-state index in [0.29, 0.717) is 12.5 Å². The summed E-state index contributed by atoms with van der Waals surface area (Å²) in [6.45, 7) is 6.27. The molecule has 0 saturated heterocycles. The lowest BCUT2D eigenvalue weighted by atomic mass is 9.98. The van der Waals surface area contributed by atoms with Crippen molar-refractivity contribution in [3.63, 3.8) is 0 Å². The molecule has 0 spiro atoms. The molecule has 0 heterocycles. The third-order valence-corrected chi connectivity index (χ3v) is 3.98. The zero-order chi connectivity index (χ0) is 18.9. The van der Waals surface area contributed by atoms with Gasteiger partial charge in [-0.15, -0.1) is 0 Å². The fourth-order valence-electron chi connectivity index (χ4n) is 2.56. The molecule has 0 radical (unpaired) electrons. The lowest BCUT2D eigenvalue weighted by Crippen LogP contribution is -2.49. The monoisotopic (exact) mass is 353 g/mol. The fraction of sp³-hybridized carbons (Fsp3) is 0.333. The quantitative estimate of drug-likeness (QED) is 0.716. The normalized spacial score (nSPS) is 12.0. The van der Waals surface area contributed by atoms with E-state index in [9.17, 15) is 9.59 Å². The summed E-state index contributed by atoms with van der Waals surface area (Å²) >= 11 is 0. The molecule has 0 saturated carbocycles. The zero-order valence-corrected chi connectivity index (χ0v) is 15.5. The Kier molecular flexibility index (Phi) is 7.36. The van der Waals surface area contributed by atoms with E-state index in [4.69, 9.17) is 0 Å². The van der Waals surface area contributed by atoms with Crippen LogP contribution in [-0.4, -0.2) is 24.5 Å². The Morgan fingerprint density at radius 1 is 0.846 bits per heavy atom. The Balaban J connectivity index is 2.06. The number of imide groups is 1. The van der Waals surface area contributed by atoms with Crippen molar-refractivity contribution in [1.82, 2.24) is 16.0 Å². The smallest absolute Gasteiger partial charge is 0.321 e. The minimum atomic E-state index is -0.537. The van der Waals surface area contributed by atoms with E-state index in [1.165, 1.54) is 0 Å². The molecule has 0 aliphatic rings. The van der Waals surface area contributed by atoms with Gasteiger partial charge in [0.05, 0.1) is 12.1 Å². The number of urea groups is 1. The molecule has 1 atom stereocenters. The van der Waals surface area contributed by atoms with Crippen LogP contribution in [0.25, 0.3) is 0 Å². The third kappa shape index (κ3) is 6.01. The average Bonchev–Trinajstić information content (AvgIpc) is 2.65. The van der Waals surface area contributed by atoms with Gasteiger partial charge in [-0.05, 0) is 24.0 Å². The van der Waals surface area contributed by atoms with Gasteiger partial charge in [-0.1, -0.05) is 74.5 Å². The lowest BCUT2D eigenvalue weighted by molar-refractivity contribution is -0.121. The summed E-state index contributed by atoms with van der Waals surface area (Å²) in [4.78, 5) is 24.2. The minimum absolute atomic E-state index is 0.142. The van der Waals surface area contributed by atoms with Crippen LogP contribution in [0.3, 0.4) is 0 Å². The molecule has 26 heavy (non-hydrogen) atoms. The zero-order valence-electron chi connectivity index (χ0n) is 15.5. The molecule has 138 valence electrons. The largest absolute Gasteiger partial charge is 0.338 e. The molecular weight excluding hydrogens is 326 g/mol. The van der Waals surface area contributed by atoms with E-state index in [1.54, 1.807) is 6.92 Å². The van der Waals surface area contributed by atoms with E-state index in [-0.39, 0.29) is 11.9 Å². The van der Waals surface area contributed by atoms with Crippen LogP contribution in [0, 0.1) is 5.92 Å². The van der Waals surface area contributed by atoms with Crippen LogP contribution < -0.4 is 16.0 Å². The maximum atomic E-state index is 12.4. The van der Waals surface area contributed by atoms with Gasteiger partial charge in [0.1, 0.15) is 0 Å². The number of carbonyl (C=O) groups is 2. The number of hydrogen-bond acceptors (Lipinski definition) is 3. The number of hydrogen-bond donors (Lipinski definition) is 3. The van der Waals surface area contributed by atoms with Gasteiger partial charge in [-0.3, -0.25) is 15.4 Å². The summed E-state index contributed by atoms with van der Waals surface area (Å²) in [5, 5.41) is 8.41. The average molecular weight is 353 g/mol. The van der Waals surface area contributed by atoms with Gasteiger partial charge in [0.25, 0.3) is 0 Å². The second-order valence-corrected chi connectivity index (χ2v) is 6.74. The molecule has 0 aliphatic heterocycles. The van der Waals surface area contributed by atoms with Crippen molar-refractivity contribution in [2.75, 3.05) is 6.54 Å². The second-order valence-electron chi connectivity index (χ2n) is 6.74. The number of carbonyl (C=O) groups excluding carboxylic acids is 2. The highest BCUT2D eigenvalue weighted by atomic mass is 16.2. The first-order chi connectivity index (χ1) is 12.5. The summed E-state index contributed by atoms with van der Waals surface area (Å²) in [7, 11) is 0. The maximum Gasteiger partial charge on any atom is 0.321 e. The van der Waals surface area contributed by atoms with E-state index in [1.807, 2.05) is 74.5 Å². The van der Waals surface area contributed by atoms with Crippen LogP contribution in [0.2, 0.25) is 0 Å². The van der Waals surface area contributed by atoms with Gasteiger partial charge in [0.2, 0.25) is 5.91 Å². The van der Waals surface area contributed by atoms with Crippen molar-refractivity contribution < 1.29 is 9.59 Å². The topological polar surface area (TPSA) is 70.2 Å². The highest BCUT2D eigenvalue weighted by Gasteiger charge is 2.21. The Morgan fingerprint density at radius 3 is 1.81 bits per heavy atom. The molecule has 0 aromatic heterocycles. The first-order valence-electron chi connectivity index (χ1n) is 8.92. The van der Waals surface area contributed by atoms with Crippen molar-refractivity contribution in [2.24, 2.45) is 5.92 Å². The van der Waals surface area contributed by atoms with Crippen molar-refractivity contribution >= 4 is 11.9 Å². The van der Waals surface area contributed by atoms with Crippen molar-refractivity contribution in [1.29, 1.82) is 0 Å². The van der Waals surface area contributed by atoms with Crippen LogP contribution >= 0.6 is 0 Å². The molecule has 2 rings (SSSR count). The fourth-order valence-corrected chi connectivity index (χ4v) is 2.56. The first-order valence-corrected chi connectivity index (χ1v) is 8.92. The van der Waals surface area contributed by atoms with Crippen molar-refractivity contribution in [3.8, 4) is 0 Å². The van der Waals surface area contributed by atoms with E-state index in [2.05, 4.69) is 16.0 Å². The van der Waals surface area contributed by atoms with Crippen LogP contribution in [0.4, 0.5) is 4.79 Å². The molecule has 3 N–H and O–H groups in total. The van der Waals surface area contributed by atoms with Gasteiger partial charge in [-0.2, -0.15) is 0 Å². The Hall–Kier alpha value is -2.66. The molecule has 3 amide bonds. The van der Waals surface area contributed by atoms with E-state index < -0.39 is 12.1 Å². The summed E-state index contributed by atoms with van der Waals surface area (Å²) < 4.78 is 0. The van der Waals surface area contributed by atoms with Crippen LogP contribution in [-0.2, 0) is 4.79 Å². The van der Waals surface area contributed by atoms with Gasteiger partial charge in [0, 0.05) is 6.54 Å². The number of rotatable bonds is 7. The Bertz CT molecular complexity index is 662. The van der Waals surface area contributed by atoms with Gasteiger partial charge in [-0.25, -0.2) is 4.79 Å². The summed E-state index contributed by atoms with van der Waals surface area (Å²) in [6, 6.07) is 18.7.